The summed E-state index contributed by atoms with van der Waals surface area (Å²) in [5.41, 5.74) is 3.81. The minimum Gasteiger partial charge on any atom is -0.358 e. The lowest BCUT2D eigenvalue weighted by molar-refractivity contribution is 0.608. The highest BCUT2D eigenvalue weighted by molar-refractivity contribution is 9.10. The second kappa shape index (κ2) is 5.72. The van der Waals surface area contributed by atoms with E-state index in [0.717, 1.165) is 26.6 Å². The number of halogens is 2. The van der Waals surface area contributed by atoms with Crippen LogP contribution in [0.5, 0.6) is 0 Å². The first-order chi connectivity index (χ1) is 10.4. The first-order valence-corrected chi connectivity index (χ1v) is 9.76. The van der Waals surface area contributed by atoms with Crippen molar-refractivity contribution in [2.45, 2.75) is 18.2 Å². The summed E-state index contributed by atoms with van der Waals surface area (Å²) in [5, 5.41) is 1.12. The first-order valence-electron chi connectivity index (χ1n) is 6.65. The summed E-state index contributed by atoms with van der Waals surface area (Å²) < 4.78 is 24.4. The molecule has 0 aliphatic rings. The number of fused-ring (bicyclic) bond motifs is 1. The summed E-state index contributed by atoms with van der Waals surface area (Å²) in [6.45, 7) is 2.03. The zero-order valence-electron chi connectivity index (χ0n) is 11.7. The summed E-state index contributed by atoms with van der Waals surface area (Å²) in [7, 11) is 1.77. The lowest BCUT2D eigenvalue weighted by Crippen LogP contribution is -2.00. The summed E-state index contributed by atoms with van der Waals surface area (Å²) in [6.07, 6.45) is 0.486. The van der Waals surface area contributed by atoms with E-state index < -0.39 is 9.05 Å². The Morgan fingerprint density at radius 2 is 1.91 bits per heavy atom. The predicted octanol–water partition coefficient (Wildman–Crippen LogP) is 4.76. The van der Waals surface area contributed by atoms with Gasteiger partial charge in [0.15, 0.2) is 0 Å². The SMILES string of the molecule is Cc1c(Cc2ccccc2S(=O)(=O)Cl)[nH]c2ccc(Br)cc12. The van der Waals surface area contributed by atoms with Crippen molar-refractivity contribution in [2.24, 2.45) is 0 Å². The Balaban J connectivity index is 2.10. The fourth-order valence-electron chi connectivity index (χ4n) is 2.61. The van der Waals surface area contributed by atoms with Gasteiger partial charge in [0.25, 0.3) is 9.05 Å². The first kappa shape index (κ1) is 15.6. The lowest BCUT2D eigenvalue weighted by atomic mass is 10.1. The highest BCUT2D eigenvalue weighted by Gasteiger charge is 2.17. The number of hydrogen-bond acceptors (Lipinski definition) is 2. The van der Waals surface area contributed by atoms with Crippen LogP contribution in [0.1, 0.15) is 16.8 Å². The second-order valence-corrected chi connectivity index (χ2v) is 8.59. The van der Waals surface area contributed by atoms with Gasteiger partial charge in [-0.1, -0.05) is 34.1 Å². The lowest BCUT2D eigenvalue weighted by Gasteiger charge is -2.06. The molecule has 0 spiro atoms. The van der Waals surface area contributed by atoms with Gasteiger partial charge in [0.1, 0.15) is 0 Å². The molecule has 6 heteroatoms. The normalized spacial score (nSPS) is 12.0. The maximum absolute atomic E-state index is 11.7. The molecule has 3 rings (SSSR count). The molecule has 0 aliphatic carbocycles. The molecule has 3 aromatic rings. The van der Waals surface area contributed by atoms with Crippen LogP contribution in [0.3, 0.4) is 0 Å². The van der Waals surface area contributed by atoms with Gasteiger partial charge in [-0.25, -0.2) is 8.42 Å². The third kappa shape index (κ3) is 2.93. The van der Waals surface area contributed by atoms with Crippen LogP contribution >= 0.6 is 26.6 Å². The summed E-state index contributed by atoms with van der Waals surface area (Å²) in [4.78, 5) is 3.52. The summed E-state index contributed by atoms with van der Waals surface area (Å²) >= 11 is 3.47. The maximum Gasteiger partial charge on any atom is 0.261 e. The van der Waals surface area contributed by atoms with E-state index in [1.54, 1.807) is 12.1 Å². The van der Waals surface area contributed by atoms with Crippen LogP contribution in [-0.4, -0.2) is 13.4 Å². The van der Waals surface area contributed by atoms with Gasteiger partial charge in [0.05, 0.1) is 4.90 Å². The summed E-state index contributed by atoms with van der Waals surface area (Å²) in [5.74, 6) is 0. The molecule has 0 amide bonds. The zero-order valence-corrected chi connectivity index (χ0v) is 14.9. The van der Waals surface area contributed by atoms with Gasteiger partial charge in [-0.15, -0.1) is 0 Å². The van der Waals surface area contributed by atoms with Crippen molar-refractivity contribution in [3.05, 3.63) is 63.8 Å². The topological polar surface area (TPSA) is 49.9 Å². The van der Waals surface area contributed by atoms with Gasteiger partial charge in [0, 0.05) is 38.2 Å². The fourth-order valence-corrected chi connectivity index (χ4v) is 4.12. The van der Waals surface area contributed by atoms with E-state index in [1.807, 2.05) is 25.1 Å². The molecule has 0 fully saturated rings. The van der Waals surface area contributed by atoms with Crippen LogP contribution < -0.4 is 0 Å². The highest BCUT2D eigenvalue weighted by Crippen LogP contribution is 2.28. The minimum atomic E-state index is -3.75. The Bertz CT molecular complexity index is 963. The molecule has 0 unspecified atom stereocenters. The van der Waals surface area contributed by atoms with E-state index >= 15 is 0 Å². The molecule has 0 bridgehead atoms. The van der Waals surface area contributed by atoms with E-state index in [0.29, 0.717) is 12.0 Å². The van der Waals surface area contributed by atoms with Gasteiger partial charge < -0.3 is 4.98 Å². The number of nitrogens with one attached hydrogen (secondary N) is 1. The molecular weight excluding hydrogens is 386 g/mol. The molecule has 0 saturated carbocycles. The number of aromatic amines is 1. The predicted molar refractivity (Wildman–Crippen MR) is 93.0 cm³/mol. The van der Waals surface area contributed by atoms with E-state index in [-0.39, 0.29) is 4.90 Å². The van der Waals surface area contributed by atoms with E-state index in [1.165, 1.54) is 6.07 Å². The number of benzene rings is 2. The largest absolute Gasteiger partial charge is 0.358 e. The Morgan fingerprint density at radius 3 is 2.64 bits per heavy atom. The van der Waals surface area contributed by atoms with Gasteiger partial charge in [-0.05, 0) is 42.3 Å². The maximum atomic E-state index is 11.7. The van der Waals surface area contributed by atoms with E-state index in [2.05, 4.69) is 27.0 Å². The average Bonchev–Trinajstić information content (AvgIpc) is 2.75. The Kier molecular flexibility index (Phi) is 4.05. The van der Waals surface area contributed by atoms with Crippen LogP contribution in [0.15, 0.2) is 51.8 Å². The van der Waals surface area contributed by atoms with Crippen LogP contribution in [0.4, 0.5) is 0 Å². The molecule has 0 radical (unpaired) electrons. The Labute approximate surface area is 141 Å². The third-order valence-corrected chi connectivity index (χ3v) is 5.64. The monoisotopic (exact) mass is 397 g/mol. The molecule has 3 nitrogen and oxygen atoms in total. The van der Waals surface area contributed by atoms with Crippen LogP contribution in [0.25, 0.3) is 10.9 Å². The standard InChI is InChI=1S/C16H13BrClNO2S/c1-10-13-9-12(17)6-7-14(13)19-15(10)8-11-4-2-3-5-16(11)22(18,20)21/h2-7,9,19H,8H2,1H3. The number of rotatable bonds is 3. The molecule has 0 aliphatic heterocycles. The van der Waals surface area contributed by atoms with Crippen molar-refractivity contribution in [1.82, 2.24) is 4.98 Å². The van der Waals surface area contributed by atoms with Crippen molar-refractivity contribution >= 4 is 46.6 Å². The van der Waals surface area contributed by atoms with Gasteiger partial charge in [0.2, 0.25) is 0 Å². The van der Waals surface area contributed by atoms with Crippen LogP contribution in [0.2, 0.25) is 0 Å². The molecule has 1 N–H and O–H groups in total. The van der Waals surface area contributed by atoms with E-state index in [4.69, 9.17) is 10.7 Å². The molecule has 22 heavy (non-hydrogen) atoms. The van der Waals surface area contributed by atoms with Crippen LogP contribution in [0, 0.1) is 6.92 Å². The molecule has 2 aromatic carbocycles. The van der Waals surface area contributed by atoms with Crippen molar-refractivity contribution in [3.8, 4) is 0 Å². The molecule has 114 valence electrons. The fraction of sp³-hybridized carbons (Fsp3) is 0.125. The van der Waals surface area contributed by atoms with E-state index in [9.17, 15) is 8.42 Å². The van der Waals surface area contributed by atoms with Gasteiger partial charge in [-0.2, -0.15) is 0 Å². The Hall–Kier alpha value is -1.30. The van der Waals surface area contributed by atoms with Crippen LogP contribution in [-0.2, 0) is 15.5 Å². The number of aromatic nitrogens is 1. The van der Waals surface area contributed by atoms with Crippen molar-refractivity contribution < 1.29 is 8.42 Å². The molecular formula is C16H13BrClNO2S. The van der Waals surface area contributed by atoms with Crippen molar-refractivity contribution in [2.75, 3.05) is 0 Å². The minimum absolute atomic E-state index is 0.163. The number of H-pyrrole nitrogens is 1. The van der Waals surface area contributed by atoms with Gasteiger partial charge >= 0.3 is 0 Å². The molecule has 0 atom stereocenters. The van der Waals surface area contributed by atoms with Crippen molar-refractivity contribution in [1.29, 1.82) is 0 Å². The quantitative estimate of drug-likeness (QED) is 0.647. The smallest absolute Gasteiger partial charge is 0.261 e. The zero-order chi connectivity index (χ0) is 15.9. The number of aryl methyl sites for hydroxylation is 1. The summed E-state index contributed by atoms with van der Waals surface area (Å²) in [6, 6.07) is 12.8. The third-order valence-electron chi connectivity index (χ3n) is 3.73. The number of hydrogen-bond donors (Lipinski definition) is 1. The van der Waals surface area contributed by atoms with Crippen molar-refractivity contribution in [3.63, 3.8) is 0 Å². The molecule has 1 aromatic heterocycles. The average molecular weight is 399 g/mol. The Morgan fingerprint density at radius 1 is 1.18 bits per heavy atom. The molecule has 1 heterocycles. The van der Waals surface area contributed by atoms with Gasteiger partial charge in [-0.3, -0.25) is 0 Å². The molecule has 0 saturated heterocycles. The highest BCUT2D eigenvalue weighted by atomic mass is 79.9. The second-order valence-electron chi connectivity index (χ2n) is 5.14.